The molecule has 33 heavy (non-hydrogen) atoms. The number of benzene rings is 2. The van der Waals surface area contributed by atoms with E-state index in [1.165, 1.54) is 30.0 Å². The van der Waals surface area contributed by atoms with Gasteiger partial charge in [-0.3, -0.25) is 29.4 Å². The Labute approximate surface area is 190 Å². The summed E-state index contributed by atoms with van der Waals surface area (Å²) >= 11 is 1.03. The number of nitro groups is 1. The second-order valence-electron chi connectivity index (χ2n) is 7.57. The highest BCUT2D eigenvalue weighted by Crippen LogP contribution is 2.43. The van der Waals surface area contributed by atoms with Crippen LogP contribution < -0.4 is 10.3 Å². The summed E-state index contributed by atoms with van der Waals surface area (Å²) in [5.74, 6) is -0.951. The molecule has 5 rings (SSSR count). The normalized spacial score (nSPS) is 15.2. The third-order valence-corrected chi connectivity index (χ3v) is 6.74. The van der Waals surface area contributed by atoms with Crippen LogP contribution in [-0.4, -0.2) is 21.6 Å². The quantitative estimate of drug-likeness (QED) is 0.250. The van der Waals surface area contributed by atoms with Crippen LogP contribution in [-0.2, 0) is 0 Å². The summed E-state index contributed by atoms with van der Waals surface area (Å²) in [4.78, 5) is 55.9. The van der Waals surface area contributed by atoms with Crippen molar-refractivity contribution < 1.29 is 18.9 Å². The van der Waals surface area contributed by atoms with Crippen molar-refractivity contribution in [3.63, 3.8) is 0 Å². The molecule has 0 bridgehead atoms. The van der Waals surface area contributed by atoms with Crippen molar-refractivity contribution in [2.75, 3.05) is 4.90 Å². The maximum atomic E-state index is 13.5. The Morgan fingerprint density at radius 1 is 1.18 bits per heavy atom. The maximum absolute atomic E-state index is 13.5. The van der Waals surface area contributed by atoms with E-state index in [0.29, 0.717) is 21.5 Å². The van der Waals surface area contributed by atoms with Crippen molar-refractivity contribution in [3.05, 3.63) is 96.3 Å². The fourth-order valence-electron chi connectivity index (χ4n) is 4.05. The first-order chi connectivity index (χ1) is 15.8. The summed E-state index contributed by atoms with van der Waals surface area (Å²) in [5.41, 5.74) is 0.563. The number of carbonyl (C=O) groups excluding carboxylic acids is 2. The molecule has 3 heterocycles. The van der Waals surface area contributed by atoms with E-state index in [1.807, 2.05) is 0 Å². The van der Waals surface area contributed by atoms with E-state index in [0.717, 1.165) is 11.3 Å². The van der Waals surface area contributed by atoms with Crippen LogP contribution in [0.15, 0.2) is 57.7 Å². The molecular weight excluding hydrogens is 446 g/mol. The number of para-hydroxylation sites is 1. The second-order valence-corrected chi connectivity index (χ2v) is 8.54. The van der Waals surface area contributed by atoms with Crippen molar-refractivity contribution in [2.45, 2.75) is 19.9 Å². The van der Waals surface area contributed by atoms with E-state index in [2.05, 4.69) is 4.98 Å². The van der Waals surface area contributed by atoms with Crippen molar-refractivity contribution in [1.29, 1.82) is 0 Å². The zero-order chi connectivity index (χ0) is 23.4. The first-order valence-corrected chi connectivity index (χ1v) is 10.7. The SMILES string of the molecule is CC(=O)c1sc(N2C(=O)c3oc4ccccc4c(=O)c3C2c2cccc([N+](=O)[O-])c2)nc1C. The number of ketones is 1. The Morgan fingerprint density at radius 3 is 2.64 bits per heavy atom. The van der Waals surface area contributed by atoms with Gasteiger partial charge in [0.2, 0.25) is 5.76 Å². The number of aryl methyl sites for hydroxylation is 1. The minimum atomic E-state index is -1.00. The predicted molar refractivity (Wildman–Crippen MR) is 121 cm³/mol. The van der Waals surface area contributed by atoms with Crippen LogP contribution in [0.3, 0.4) is 0 Å². The largest absolute Gasteiger partial charge is 0.450 e. The zero-order valence-electron chi connectivity index (χ0n) is 17.4. The molecule has 1 unspecified atom stereocenters. The Bertz CT molecular complexity index is 1550. The summed E-state index contributed by atoms with van der Waals surface area (Å²) in [6.45, 7) is 3.06. The Balaban J connectivity index is 1.81. The Morgan fingerprint density at radius 2 is 1.94 bits per heavy atom. The fraction of sp³-hybridized carbons (Fsp3) is 0.130. The van der Waals surface area contributed by atoms with Crippen molar-refractivity contribution in [2.24, 2.45) is 0 Å². The van der Waals surface area contributed by atoms with Gasteiger partial charge in [0.05, 0.1) is 32.5 Å². The lowest BCUT2D eigenvalue weighted by molar-refractivity contribution is -0.384. The first kappa shape index (κ1) is 20.7. The van der Waals surface area contributed by atoms with Crippen molar-refractivity contribution >= 4 is 44.8 Å². The van der Waals surface area contributed by atoms with Crippen molar-refractivity contribution in [1.82, 2.24) is 4.98 Å². The number of thiazole rings is 1. The molecule has 0 fully saturated rings. The number of Topliss-reactive ketones (excluding diaryl/α,β-unsaturated/α-hetero) is 1. The predicted octanol–water partition coefficient (Wildman–Crippen LogP) is 4.42. The molecule has 4 aromatic rings. The molecule has 0 saturated heterocycles. The van der Waals surface area contributed by atoms with Gasteiger partial charge in [0.25, 0.3) is 11.6 Å². The van der Waals surface area contributed by atoms with Crippen LogP contribution in [0.1, 0.15) is 50.0 Å². The Hall–Kier alpha value is -4.18. The molecule has 0 aliphatic carbocycles. The van der Waals surface area contributed by atoms with Gasteiger partial charge in [-0.1, -0.05) is 35.6 Å². The molecule has 0 spiro atoms. The number of anilines is 1. The highest BCUT2D eigenvalue weighted by atomic mass is 32.1. The summed E-state index contributed by atoms with van der Waals surface area (Å²) in [5, 5.41) is 11.9. The van der Waals surface area contributed by atoms with Crippen LogP contribution in [0.5, 0.6) is 0 Å². The van der Waals surface area contributed by atoms with Gasteiger partial charge in [0.1, 0.15) is 5.58 Å². The molecule has 10 heteroatoms. The van der Waals surface area contributed by atoms with E-state index in [-0.39, 0.29) is 33.5 Å². The smallest absolute Gasteiger partial charge is 0.297 e. The van der Waals surface area contributed by atoms with Gasteiger partial charge < -0.3 is 4.42 Å². The van der Waals surface area contributed by atoms with E-state index >= 15 is 0 Å². The third kappa shape index (κ3) is 3.14. The summed E-state index contributed by atoms with van der Waals surface area (Å²) in [7, 11) is 0. The van der Waals surface area contributed by atoms with Crippen LogP contribution in [0.4, 0.5) is 10.8 Å². The standard InChI is InChI=1S/C23H15N3O6S/c1-11-21(12(2)27)33-23(24-11)25-18(13-6-5-7-14(10-13)26(30)31)17-19(28)15-8-3-4-9-16(15)32-20(17)22(25)29/h3-10,18H,1-2H3. The number of nitrogens with zero attached hydrogens (tertiary/aromatic N) is 3. The van der Waals surface area contributed by atoms with E-state index in [1.54, 1.807) is 37.3 Å². The number of hydrogen-bond acceptors (Lipinski definition) is 8. The number of aromatic nitrogens is 1. The molecular formula is C23H15N3O6S. The minimum absolute atomic E-state index is 0.0800. The minimum Gasteiger partial charge on any atom is -0.450 e. The Kier molecular flexibility index (Phi) is 4.68. The average molecular weight is 461 g/mol. The highest BCUT2D eigenvalue weighted by molar-refractivity contribution is 7.17. The summed E-state index contributed by atoms with van der Waals surface area (Å²) in [6.07, 6.45) is 0. The van der Waals surface area contributed by atoms with Gasteiger partial charge in [0, 0.05) is 19.1 Å². The molecule has 1 amide bonds. The van der Waals surface area contributed by atoms with Gasteiger partial charge >= 0.3 is 0 Å². The number of fused-ring (bicyclic) bond motifs is 2. The summed E-state index contributed by atoms with van der Waals surface area (Å²) < 4.78 is 5.85. The molecule has 2 aromatic carbocycles. The van der Waals surface area contributed by atoms with Gasteiger partial charge in [-0.15, -0.1) is 0 Å². The molecule has 0 radical (unpaired) electrons. The molecule has 1 aliphatic rings. The molecule has 1 atom stereocenters. The number of rotatable bonds is 4. The molecule has 164 valence electrons. The van der Waals surface area contributed by atoms with Gasteiger partial charge in [-0.05, 0) is 24.6 Å². The number of hydrogen-bond donors (Lipinski definition) is 0. The fourth-order valence-corrected chi connectivity index (χ4v) is 5.04. The lowest BCUT2D eigenvalue weighted by atomic mass is 9.98. The van der Waals surface area contributed by atoms with Crippen molar-refractivity contribution in [3.8, 4) is 0 Å². The van der Waals surface area contributed by atoms with Gasteiger partial charge in [0.15, 0.2) is 16.3 Å². The van der Waals surface area contributed by atoms with Crippen LogP contribution in [0.2, 0.25) is 0 Å². The first-order valence-electron chi connectivity index (χ1n) is 9.90. The van der Waals surface area contributed by atoms with E-state index < -0.39 is 22.3 Å². The lowest BCUT2D eigenvalue weighted by Crippen LogP contribution is -2.29. The number of nitro benzene ring substituents is 1. The topological polar surface area (TPSA) is 124 Å². The molecule has 0 N–H and O–H groups in total. The van der Waals surface area contributed by atoms with Gasteiger partial charge in [-0.2, -0.15) is 0 Å². The molecule has 9 nitrogen and oxygen atoms in total. The summed E-state index contributed by atoms with van der Waals surface area (Å²) in [6, 6.07) is 11.3. The number of amides is 1. The average Bonchev–Trinajstić information content (AvgIpc) is 3.32. The number of non-ortho nitro benzene ring substituents is 1. The van der Waals surface area contributed by atoms with Crippen LogP contribution in [0, 0.1) is 17.0 Å². The second kappa shape index (κ2) is 7.45. The van der Waals surface area contributed by atoms with Crippen LogP contribution >= 0.6 is 11.3 Å². The molecule has 2 aromatic heterocycles. The zero-order valence-corrected chi connectivity index (χ0v) is 18.2. The van der Waals surface area contributed by atoms with E-state index in [4.69, 9.17) is 4.42 Å². The molecule has 1 aliphatic heterocycles. The number of carbonyl (C=O) groups is 2. The molecule has 0 saturated carbocycles. The lowest BCUT2D eigenvalue weighted by Gasteiger charge is -2.22. The van der Waals surface area contributed by atoms with E-state index in [9.17, 15) is 24.5 Å². The monoisotopic (exact) mass is 461 g/mol. The van der Waals surface area contributed by atoms with Crippen LogP contribution in [0.25, 0.3) is 11.0 Å². The maximum Gasteiger partial charge on any atom is 0.297 e. The highest BCUT2D eigenvalue weighted by Gasteiger charge is 2.45. The van der Waals surface area contributed by atoms with Gasteiger partial charge in [-0.25, -0.2) is 4.98 Å². The third-order valence-electron chi connectivity index (χ3n) is 5.49.